The number of aromatic nitrogens is 3. The number of pyridine rings is 1. The summed E-state index contributed by atoms with van der Waals surface area (Å²) in [6.07, 6.45) is 4.00. The van der Waals surface area contributed by atoms with E-state index in [-0.39, 0.29) is 5.56 Å². The summed E-state index contributed by atoms with van der Waals surface area (Å²) in [7, 11) is 3.15. The topological polar surface area (TPSA) is 80.3 Å². The highest BCUT2D eigenvalue weighted by Gasteiger charge is 2.23. The van der Waals surface area contributed by atoms with Crippen molar-refractivity contribution in [1.82, 2.24) is 19.9 Å². The maximum Gasteiger partial charge on any atom is 0.254 e. The van der Waals surface area contributed by atoms with E-state index in [0.717, 1.165) is 28.9 Å². The lowest BCUT2D eigenvalue weighted by Crippen LogP contribution is -2.35. The number of ether oxygens (including phenoxy) is 2. The molecule has 0 saturated carbocycles. The summed E-state index contributed by atoms with van der Waals surface area (Å²) in [5, 5.41) is 0.536. The van der Waals surface area contributed by atoms with Crippen molar-refractivity contribution in [1.29, 1.82) is 0 Å². The molecule has 0 amide bonds. The molecule has 0 atom stereocenters. The van der Waals surface area contributed by atoms with E-state index in [9.17, 15) is 4.79 Å². The van der Waals surface area contributed by atoms with Crippen LogP contribution in [0.15, 0.2) is 41.5 Å². The van der Waals surface area contributed by atoms with Crippen LogP contribution >= 0.6 is 11.6 Å². The number of nitrogens with zero attached hydrogens (tertiary/aromatic N) is 3. The van der Waals surface area contributed by atoms with Crippen LogP contribution in [-0.2, 0) is 19.5 Å². The third kappa shape index (κ3) is 3.83. The molecule has 1 aliphatic rings. The van der Waals surface area contributed by atoms with Gasteiger partial charge in [0.1, 0.15) is 5.82 Å². The molecule has 0 radical (unpaired) electrons. The second-order valence-corrected chi connectivity index (χ2v) is 7.19. The Hall–Kier alpha value is -2.90. The maximum atomic E-state index is 12.5. The molecule has 1 aromatic carbocycles. The first kappa shape index (κ1) is 19.4. The number of methoxy groups -OCH3 is 2. The van der Waals surface area contributed by atoms with Crippen molar-refractivity contribution in [3.63, 3.8) is 0 Å². The highest BCUT2D eigenvalue weighted by molar-refractivity contribution is 6.33. The monoisotopic (exact) mass is 412 g/mol. The van der Waals surface area contributed by atoms with E-state index in [1.54, 1.807) is 26.6 Å². The Morgan fingerprint density at radius 2 is 1.97 bits per heavy atom. The van der Waals surface area contributed by atoms with Gasteiger partial charge in [-0.3, -0.25) is 14.7 Å². The molecule has 8 heteroatoms. The molecule has 2 aromatic heterocycles. The van der Waals surface area contributed by atoms with E-state index in [0.29, 0.717) is 41.9 Å². The summed E-state index contributed by atoms with van der Waals surface area (Å²) in [6, 6.07) is 7.44. The molecule has 0 bridgehead atoms. The first-order valence-corrected chi connectivity index (χ1v) is 9.62. The summed E-state index contributed by atoms with van der Waals surface area (Å²) < 4.78 is 10.7. The Morgan fingerprint density at radius 3 is 2.69 bits per heavy atom. The second kappa shape index (κ2) is 8.23. The molecule has 0 spiro atoms. The van der Waals surface area contributed by atoms with Crippen LogP contribution in [0.4, 0.5) is 0 Å². The third-order valence-electron chi connectivity index (χ3n) is 5.07. The minimum absolute atomic E-state index is 0.0781. The van der Waals surface area contributed by atoms with E-state index >= 15 is 0 Å². The van der Waals surface area contributed by atoms with Gasteiger partial charge in [-0.2, -0.15) is 0 Å². The van der Waals surface area contributed by atoms with E-state index < -0.39 is 0 Å². The summed E-state index contributed by atoms with van der Waals surface area (Å²) in [5.74, 6) is 1.68. The lowest BCUT2D eigenvalue weighted by molar-refractivity contribution is 0.240. The van der Waals surface area contributed by atoms with Gasteiger partial charge < -0.3 is 14.5 Å². The molecule has 0 aliphatic carbocycles. The SMILES string of the molecule is COc1ccc(CN2CCc3c(nc(-c4ccncc4)[nH]c3=O)C2)c(Cl)c1OC. The maximum absolute atomic E-state index is 12.5. The van der Waals surface area contributed by atoms with E-state index in [1.807, 2.05) is 24.3 Å². The number of nitrogens with one attached hydrogen (secondary N) is 1. The fourth-order valence-electron chi connectivity index (χ4n) is 3.57. The van der Waals surface area contributed by atoms with Gasteiger partial charge in [0.25, 0.3) is 5.56 Å². The average molecular weight is 413 g/mol. The predicted octanol–water partition coefficient (Wildman–Crippen LogP) is 3.06. The fraction of sp³-hybridized carbons (Fsp3) is 0.286. The van der Waals surface area contributed by atoms with Crippen LogP contribution < -0.4 is 15.0 Å². The zero-order chi connectivity index (χ0) is 20.4. The molecule has 0 saturated heterocycles. The summed E-state index contributed by atoms with van der Waals surface area (Å²) in [6.45, 7) is 1.94. The van der Waals surface area contributed by atoms with Crippen molar-refractivity contribution in [3.8, 4) is 22.9 Å². The number of H-pyrrole nitrogens is 1. The normalized spacial score (nSPS) is 13.8. The van der Waals surface area contributed by atoms with Crippen LogP contribution in [0.3, 0.4) is 0 Å². The summed E-state index contributed by atoms with van der Waals surface area (Å²) in [4.78, 5) is 26.4. The lowest BCUT2D eigenvalue weighted by Gasteiger charge is -2.28. The van der Waals surface area contributed by atoms with Crippen molar-refractivity contribution in [2.75, 3.05) is 20.8 Å². The van der Waals surface area contributed by atoms with Gasteiger partial charge in [-0.1, -0.05) is 17.7 Å². The predicted molar refractivity (Wildman–Crippen MR) is 110 cm³/mol. The molecule has 7 nitrogen and oxygen atoms in total. The van der Waals surface area contributed by atoms with Gasteiger partial charge in [0.15, 0.2) is 11.5 Å². The number of hydrogen-bond donors (Lipinski definition) is 1. The molecule has 3 heterocycles. The van der Waals surface area contributed by atoms with Crippen molar-refractivity contribution in [2.45, 2.75) is 19.5 Å². The zero-order valence-electron chi connectivity index (χ0n) is 16.2. The Balaban J connectivity index is 1.61. The van der Waals surface area contributed by atoms with Crippen molar-refractivity contribution >= 4 is 11.6 Å². The smallest absolute Gasteiger partial charge is 0.254 e. The van der Waals surface area contributed by atoms with Gasteiger partial charge >= 0.3 is 0 Å². The first-order chi connectivity index (χ1) is 14.1. The van der Waals surface area contributed by atoms with Gasteiger partial charge in [0.2, 0.25) is 0 Å². The summed E-state index contributed by atoms with van der Waals surface area (Å²) >= 11 is 6.53. The molecular formula is C21H21ClN4O3. The van der Waals surface area contributed by atoms with Gasteiger partial charge in [-0.15, -0.1) is 0 Å². The molecule has 150 valence electrons. The van der Waals surface area contributed by atoms with Gasteiger partial charge in [-0.05, 0) is 30.2 Å². The standard InChI is InChI=1S/C21H21ClN4O3/c1-28-17-4-3-14(18(22)19(17)29-2)11-26-10-7-15-16(12-26)24-20(25-21(15)27)13-5-8-23-9-6-13/h3-6,8-9H,7,10-12H2,1-2H3,(H,24,25,27). The van der Waals surface area contributed by atoms with Crippen LogP contribution in [-0.4, -0.2) is 40.6 Å². The van der Waals surface area contributed by atoms with Crippen LogP contribution in [0.25, 0.3) is 11.4 Å². The lowest BCUT2D eigenvalue weighted by atomic mass is 10.0. The Kier molecular flexibility index (Phi) is 5.51. The number of rotatable bonds is 5. The number of aromatic amines is 1. The Bertz CT molecular complexity index is 1090. The van der Waals surface area contributed by atoms with Crippen LogP contribution in [0.5, 0.6) is 11.5 Å². The highest BCUT2D eigenvalue weighted by atomic mass is 35.5. The van der Waals surface area contributed by atoms with Gasteiger partial charge in [0.05, 0.1) is 24.9 Å². The van der Waals surface area contributed by atoms with Crippen LogP contribution in [0.1, 0.15) is 16.8 Å². The third-order valence-corrected chi connectivity index (χ3v) is 5.48. The number of hydrogen-bond acceptors (Lipinski definition) is 6. The van der Waals surface area contributed by atoms with Crippen molar-refractivity contribution in [3.05, 3.63) is 68.9 Å². The van der Waals surface area contributed by atoms with Crippen molar-refractivity contribution in [2.24, 2.45) is 0 Å². The summed E-state index contributed by atoms with van der Waals surface area (Å²) in [5.41, 5.74) is 3.23. The van der Waals surface area contributed by atoms with E-state index in [1.165, 1.54) is 0 Å². The number of fused-ring (bicyclic) bond motifs is 1. The molecule has 3 aromatic rings. The number of halogens is 1. The fourth-order valence-corrected chi connectivity index (χ4v) is 3.86. The van der Waals surface area contributed by atoms with Crippen LogP contribution in [0, 0.1) is 0 Å². The average Bonchev–Trinajstić information content (AvgIpc) is 2.75. The van der Waals surface area contributed by atoms with Crippen molar-refractivity contribution < 1.29 is 9.47 Å². The Morgan fingerprint density at radius 1 is 1.17 bits per heavy atom. The number of benzene rings is 1. The minimum atomic E-state index is -0.0781. The van der Waals surface area contributed by atoms with Crippen LogP contribution in [0.2, 0.25) is 5.02 Å². The molecule has 0 unspecified atom stereocenters. The van der Waals surface area contributed by atoms with Gasteiger partial charge in [0, 0.05) is 43.2 Å². The largest absolute Gasteiger partial charge is 0.493 e. The first-order valence-electron chi connectivity index (χ1n) is 9.25. The molecule has 0 fully saturated rings. The Labute approximate surface area is 173 Å². The molecular weight excluding hydrogens is 392 g/mol. The van der Waals surface area contributed by atoms with E-state index in [2.05, 4.69) is 14.9 Å². The molecule has 4 rings (SSSR count). The highest BCUT2D eigenvalue weighted by Crippen LogP contribution is 2.38. The molecule has 29 heavy (non-hydrogen) atoms. The zero-order valence-corrected chi connectivity index (χ0v) is 17.0. The molecule has 1 N–H and O–H groups in total. The minimum Gasteiger partial charge on any atom is -0.493 e. The molecule has 1 aliphatic heterocycles. The quantitative estimate of drug-likeness (QED) is 0.693. The van der Waals surface area contributed by atoms with E-state index in [4.69, 9.17) is 26.1 Å². The van der Waals surface area contributed by atoms with Gasteiger partial charge in [-0.25, -0.2) is 4.98 Å². The second-order valence-electron chi connectivity index (χ2n) is 6.81.